The van der Waals surface area contributed by atoms with Crippen LogP contribution in [0.15, 0.2) is 59.7 Å². The van der Waals surface area contributed by atoms with Gasteiger partial charge in [0.1, 0.15) is 6.07 Å². The predicted molar refractivity (Wildman–Crippen MR) is 98.4 cm³/mol. The van der Waals surface area contributed by atoms with Crippen molar-refractivity contribution >= 4 is 28.8 Å². The van der Waals surface area contributed by atoms with E-state index < -0.39 is 5.84 Å². The molecule has 2 aromatic carbocycles. The van der Waals surface area contributed by atoms with E-state index in [9.17, 15) is 4.79 Å². The zero-order chi connectivity index (χ0) is 18.1. The summed E-state index contributed by atoms with van der Waals surface area (Å²) >= 11 is 0. The van der Waals surface area contributed by atoms with Crippen LogP contribution in [-0.4, -0.2) is 17.5 Å². The van der Waals surface area contributed by atoms with Crippen molar-refractivity contribution < 1.29 is 4.79 Å². The van der Waals surface area contributed by atoms with Crippen LogP contribution in [0, 0.1) is 16.7 Å². The summed E-state index contributed by atoms with van der Waals surface area (Å²) in [5.74, 6) is -0.508. The van der Waals surface area contributed by atoms with Crippen LogP contribution in [-0.2, 0) is 11.2 Å². The van der Waals surface area contributed by atoms with E-state index >= 15 is 0 Å². The molecule has 0 aliphatic heterocycles. The van der Waals surface area contributed by atoms with E-state index in [-0.39, 0.29) is 11.6 Å². The first-order chi connectivity index (χ1) is 12.1. The zero-order valence-corrected chi connectivity index (χ0v) is 13.5. The normalized spacial score (nSPS) is 10.6. The minimum atomic E-state index is -0.416. The van der Waals surface area contributed by atoms with E-state index in [0.29, 0.717) is 24.2 Å². The standard InChI is InChI=1S/C18H18N6O/c19-12-16(18(20)21)24-23-15-8-4-7-14(11-15)22-17(25)10-9-13-5-2-1-3-6-13/h1-8,11,23H,9-10H2,(H3,20,21)(H,22,25)/b24-16+. The van der Waals surface area contributed by atoms with Crippen molar-refractivity contribution in [3.63, 3.8) is 0 Å². The summed E-state index contributed by atoms with van der Waals surface area (Å²) in [5, 5.41) is 22.6. The third-order valence-corrected chi connectivity index (χ3v) is 3.29. The smallest absolute Gasteiger partial charge is 0.224 e. The summed E-state index contributed by atoms with van der Waals surface area (Å²) in [7, 11) is 0. The molecular formula is C18H18N6O. The van der Waals surface area contributed by atoms with E-state index in [1.807, 2.05) is 30.3 Å². The van der Waals surface area contributed by atoms with Gasteiger partial charge in [-0.1, -0.05) is 36.4 Å². The molecule has 0 bridgehead atoms. The van der Waals surface area contributed by atoms with E-state index in [1.54, 1.807) is 30.3 Å². The van der Waals surface area contributed by atoms with Crippen molar-refractivity contribution in [3.05, 3.63) is 60.2 Å². The number of rotatable bonds is 7. The third kappa shape index (κ3) is 5.80. The minimum Gasteiger partial charge on any atom is -0.382 e. The van der Waals surface area contributed by atoms with Gasteiger partial charge in [-0.05, 0) is 30.2 Å². The number of anilines is 2. The van der Waals surface area contributed by atoms with E-state index in [4.69, 9.17) is 16.4 Å². The zero-order valence-electron chi connectivity index (χ0n) is 13.5. The number of hydrazone groups is 1. The van der Waals surface area contributed by atoms with Gasteiger partial charge in [-0.2, -0.15) is 10.4 Å². The highest BCUT2D eigenvalue weighted by molar-refractivity contribution is 6.45. The molecule has 7 heteroatoms. The molecule has 0 fully saturated rings. The Bertz CT molecular complexity index is 823. The monoisotopic (exact) mass is 334 g/mol. The van der Waals surface area contributed by atoms with Gasteiger partial charge in [0, 0.05) is 12.1 Å². The Morgan fingerprint density at radius 1 is 1.16 bits per heavy atom. The topological polar surface area (TPSA) is 127 Å². The van der Waals surface area contributed by atoms with E-state index in [2.05, 4.69) is 15.8 Å². The maximum Gasteiger partial charge on any atom is 0.224 e. The highest BCUT2D eigenvalue weighted by Gasteiger charge is 2.05. The van der Waals surface area contributed by atoms with Crippen molar-refractivity contribution in [2.75, 3.05) is 10.7 Å². The Kier molecular flexibility index (Phi) is 6.25. The number of amides is 1. The highest BCUT2D eigenvalue weighted by Crippen LogP contribution is 2.15. The fourth-order valence-electron chi connectivity index (χ4n) is 2.06. The molecule has 7 nitrogen and oxygen atoms in total. The number of benzene rings is 2. The molecule has 0 saturated heterocycles. The van der Waals surface area contributed by atoms with Crippen LogP contribution in [0.4, 0.5) is 11.4 Å². The van der Waals surface area contributed by atoms with Crippen molar-refractivity contribution in [3.8, 4) is 6.07 Å². The summed E-state index contributed by atoms with van der Waals surface area (Å²) in [6.07, 6.45) is 1.04. The SMILES string of the molecule is N#C/C(=N\Nc1cccc(NC(=O)CCc2ccccc2)c1)C(=N)N. The van der Waals surface area contributed by atoms with Gasteiger partial charge in [-0.15, -0.1) is 0 Å². The molecule has 0 aliphatic rings. The first-order valence-corrected chi connectivity index (χ1v) is 7.60. The second-order valence-corrected chi connectivity index (χ2v) is 5.21. The van der Waals surface area contributed by atoms with Gasteiger partial charge in [0.2, 0.25) is 11.6 Å². The number of hydrogen-bond acceptors (Lipinski definition) is 5. The predicted octanol–water partition coefficient (Wildman–Crippen LogP) is 2.49. The molecular weight excluding hydrogens is 316 g/mol. The quantitative estimate of drug-likeness (QED) is 0.352. The summed E-state index contributed by atoms with van der Waals surface area (Å²) in [4.78, 5) is 12.1. The summed E-state index contributed by atoms with van der Waals surface area (Å²) in [6.45, 7) is 0. The summed E-state index contributed by atoms with van der Waals surface area (Å²) in [5.41, 5.74) is 9.93. The number of amidine groups is 1. The van der Waals surface area contributed by atoms with E-state index in [1.165, 1.54) is 0 Å². The largest absolute Gasteiger partial charge is 0.382 e. The maximum absolute atomic E-state index is 12.1. The van der Waals surface area contributed by atoms with Gasteiger partial charge in [-0.25, -0.2) is 0 Å². The lowest BCUT2D eigenvalue weighted by Crippen LogP contribution is -2.21. The number of carbonyl (C=O) groups is 1. The molecule has 0 aromatic heterocycles. The van der Waals surface area contributed by atoms with Crippen molar-refractivity contribution in [1.29, 1.82) is 10.7 Å². The molecule has 2 aromatic rings. The van der Waals surface area contributed by atoms with Gasteiger partial charge < -0.3 is 11.1 Å². The number of nitrogens with one attached hydrogen (secondary N) is 3. The first kappa shape index (κ1) is 17.7. The molecule has 0 heterocycles. The summed E-state index contributed by atoms with van der Waals surface area (Å²) in [6, 6.07) is 18.4. The Morgan fingerprint density at radius 3 is 2.56 bits per heavy atom. The fraction of sp³-hybridized carbons (Fsp3) is 0.111. The number of carbonyl (C=O) groups excluding carboxylic acids is 1. The number of hydrogen-bond donors (Lipinski definition) is 4. The van der Waals surface area contributed by atoms with Crippen LogP contribution in [0.5, 0.6) is 0 Å². The molecule has 0 atom stereocenters. The van der Waals surface area contributed by atoms with Crippen molar-refractivity contribution in [2.24, 2.45) is 10.8 Å². The molecule has 0 spiro atoms. The number of nitrogens with two attached hydrogens (primary N) is 1. The number of aryl methyl sites for hydroxylation is 1. The Hall–Kier alpha value is -3.66. The number of nitriles is 1. The van der Waals surface area contributed by atoms with Gasteiger partial charge in [0.05, 0.1) is 5.69 Å². The molecule has 25 heavy (non-hydrogen) atoms. The Morgan fingerprint density at radius 2 is 1.88 bits per heavy atom. The average molecular weight is 334 g/mol. The molecule has 1 amide bonds. The summed E-state index contributed by atoms with van der Waals surface area (Å²) < 4.78 is 0. The second-order valence-electron chi connectivity index (χ2n) is 5.21. The van der Waals surface area contributed by atoms with Crippen LogP contribution in [0.1, 0.15) is 12.0 Å². The van der Waals surface area contributed by atoms with Crippen LogP contribution in [0.3, 0.4) is 0 Å². The van der Waals surface area contributed by atoms with Crippen LogP contribution in [0.2, 0.25) is 0 Å². The fourth-order valence-corrected chi connectivity index (χ4v) is 2.06. The first-order valence-electron chi connectivity index (χ1n) is 7.60. The lowest BCUT2D eigenvalue weighted by molar-refractivity contribution is -0.116. The molecule has 0 radical (unpaired) electrons. The molecule has 126 valence electrons. The van der Waals surface area contributed by atoms with Gasteiger partial charge in [0.25, 0.3) is 0 Å². The average Bonchev–Trinajstić information content (AvgIpc) is 2.61. The highest BCUT2D eigenvalue weighted by atomic mass is 16.1. The number of nitrogens with zero attached hydrogens (tertiary/aromatic N) is 2. The maximum atomic E-state index is 12.1. The minimum absolute atomic E-state index is 0.0917. The molecule has 5 N–H and O–H groups in total. The Balaban J connectivity index is 1.93. The van der Waals surface area contributed by atoms with Crippen LogP contribution in [0.25, 0.3) is 0 Å². The van der Waals surface area contributed by atoms with E-state index in [0.717, 1.165) is 5.56 Å². The van der Waals surface area contributed by atoms with Gasteiger partial charge >= 0.3 is 0 Å². The van der Waals surface area contributed by atoms with Crippen molar-refractivity contribution in [2.45, 2.75) is 12.8 Å². The third-order valence-electron chi connectivity index (χ3n) is 3.29. The second kappa shape index (κ2) is 8.84. The van der Waals surface area contributed by atoms with Gasteiger partial charge in [0.15, 0.2) is 5.84 Å². The Labute approximate surface area is 145 Å². The lowest BCUT2D eigenvalue weighted by Gasteiger charge is -2.07. The van der Waals surface area contributed by atoms with Crippen LogP contribution < -0.4 is 16.5 Å². The molecule has 0 unspecified atom stereocenters. The lowest BCUT2D eigenvalue weighted by atomic mass is 10.1. The molecule has 0 saturated carbocycles. The molecule has 0 aliphatic carbocycles. The van der Waals surface area contributed by atoms with Crippen molar-refractivity contribution in [1.82, 2.24) is 0 Å². The van der Waals surface area contributed by atoms with Gasteiger partial charge in [-0.3, -0.25) is 15.6 Å². The van der Waals surface area contributed by atoms with Crippen LogP contribution >= 0.6 is 0 Å². The molecule has 2 rings (SSSR count).